The monoisotopic (exact) mass is 392 g/mol. The number of rotatable bonds is 5. The van der Waals surface area contributed by atoms with Crippen LogP contribution in [-0.4, -0.2) is 16.6 Å². The average Bonchev–Trinajstić information content (AvgIpc) is 2.86. The number of aromatic nitrogens is 2. The van der Waals surface area contributed by atoms with Crippen LogP contribution in [0.2, 0.25) is 0 Å². The van der Waals surface area contributed by atoms with Crippen LogP contribution in [-0.2, 0) is 29.5 Å². The summed E-state index contributed by atoms with van der Waals surface area (Å²) in [5, 5.41) is 0. The van der Waals surface area contributed by atoms with Crippen LogP contribution in [0, 0.1) is 17.8 Å². The van der Waals surface area contributed by atoms with Gasteiger partial charge in [0.1, 0.15) is 6.10 Å². The maximum atomic E-state index is 12.8. The van der Waals surface area contributed by atoms with Crippen molar-refractivity contribution in [2.24, 2.45) is 24.8 Å². The van der Waals surface area contributed by atoms with Crippen molar-refractivity contribution in [3.63, 3.8) is 0 Å². The minimum atomic E-state index is -0.106. The summed E-state index contributed by atoms with van der Waals surface area (Å²) in [5.41, 5.74) is 2.25. The number of ether oxygens (including phenoxy) is 1. The Bertz CT molecular complexity index is 784. The minimum absolute atomic E-state index is 0. The highest BCUT2D eigenvalue weighted by molar-refractivity contribution is 5.76. The standard InChI is InChI=1S/C22H33N2O2.ClH/c1-6-21-23(5)18-9-7-8-10-19(18)24(21)14-22(25)26-20-13-16(4)11-12-17(20)15(2)3;/h7-10,15-17,20H,6,11-14H2,1-5H3;1H/q+1;/p-1/t16-,17+,20-;/m1./s1. The number of hydrogen-bond donors (Lipinski definition) is 0. The summed E-state index contributed by atoms with van der Waals surface area (Å²) in [6, 6.07) is 8.26. The summed E-state index contributed by atoms with van der Waals surface area (Å²) in [6.45, 7) is 9.19. The van der Waals surface area contributed by atoms with Gasteiger partial charge in [0.15, 0.2) is 17.6 Å². The van der Waals surface area contributed by atoms with Crippen LogP contribution in [0.4, 0.5) is 0 Å². The number of imidazole rings is 1. The summed E-state index contributed by atoms with van der Waals surface area (Å²) in [4.78, 5) is 12.8. The van der Waals surface area contributed by atoms with Crippen molar-refractivity contribution < 1.29 is 26.5 Å². The second-order valence-corrected chi connectivity index (χ2v) is 8.26. The highest BCUT2D eigenvalue weighted by Gasteiger charge is 2.34. The molecule has 4 nitrogen and oxygen atoms in total. The van der Waals surface area contributed by atoms with Crippen molar-refractivity contribution in [3.05, 3.63) is 30.1 Å². The number of carbonyl (C=O) groups is 1. The zero-order chi connectivity index (χ0) is 18.8. The van der Waals surface area contributed by atoms with E-state index in [9.17, 15) is 4.79 Å². The lowest BCUT2D eigenvalue weighted by Gasteiger charge is -2.36. The maximum Gasteiger partial charge on any atom is 0.348 e. The van der Waals surface area contributed by atoms with Gasteiger partial charge in [0.05, 0.1) is 7.05 Å². The third kappa shape index (κ3) is 4.48. The van der Waals surface area contributed by atoms with Crippen LogP contribution in [0.1, 0.15) is 52.8 Å². The first-order valence-electron chi connectivity index (χ1n) is 10.1. The van der Waals surface area contributed by atoms with E-state index < -0.39 is 0 Å². The number of hydrogen-bond acceptors (Lipinski definition) is 2. The maximum absolute atomic E-state index is 12.8. The van der Waals surface area contributed by atoms with E-state index >= 15 is 0 Å². The minimum Gasteiger partial charge on any atom is -1.00 e. The molecule has 0 N–H and O–H groups in total. The van der Waals surface area contributed by atoms with Crippen LogP contribution in [0.5, 0.6) is 0 Å². The summed E-state index contributed by atoms with van der Waals surface area (Å²) in [6.07, 6.45) is 4.35. The number of fused-ring (bicyclic) bond motifs is 1. The van der Waals surface area contributed by atoms with E-state index in [1.807, 2.05) is 12.1 Å². The number of esters is 1. The van der Waals surface area contributed by atoms with E-state index in [4.69, 9.17) is 4.74 Å². The Kier molecular flexibility index (Phi) is 7.32. The number of nitrogens with zero attached hydrogens (tertiary/aromatic N) is 2. The van der Waals surface area contributed by atoms with Gasteiger partial charge in [-0.1, -0.05) is 46.2 Å². The Morgan fingerprint density at radius 1 is 1.30 bits per heavy atom. The first-order chi connectivity index (χ1) is 12.4. The third-order valence-electron chi connectivity index (χ3n) is 6.08. The van der Waals surface area contributed by atoms with Crippen molar-refractivity contribution in [1.29, 1.82) is 0 Å². The number of benzene rings is 1. The molecule has 150 valence electrons. The Hall–Kier alpha value is -1.55. The molecule has 0 aliphatic heterocycles. The first-order valence-corrected chi connectivity index (χ1v) is 10.1. The molecule has 3 rings (SSSR count). The second-order valence-electron chi connectivity index (χ2n) is 8.26. The molecule has 0 saturated heterocycles. The van der Waals surface area contributed by atoms with Gasteiger partial charge in [0, 0.05) is 6.42 Å². The Morgan fingerprint density at radius 3 is 2.67 bits per heavy atom. The Balaban J connectivity index is 0.00000261. The largest absolute Gasteiger partial charge is 1.00 e. The molecule has 1 aromatic heterocycles. The highest BCUT2D eigenvalue weighted by atomic mass is 35.5. The quantitative estimate of drug-likeness (QED) is 0.563. The molecule has 0 amide bonds. The predicted molar refractivity (Wildman–Crippen MR) is 104 cm³/mol. The summed E-state index contributed by atoms with van der Waals surface area (Å²) in [5.74, 6) is 2.72. The molecule has 27 heavy (non-hydrogen) atoms. The van der Waals surface area contributed by atoms with E-state index in [0.29, 0.717) is 24.3 Å². The Morgan fingerprint density at radius 2 is 2.00 bits per heavy atom. The lowest BCUT2D eigenvalue weighted by molar-refractivity contribution is -0.653. The van der Waals surface area contributed by atoms with E-state index in [-0.39, 0.29) is 24.5 Å². The average molecular weight is 393 g/mol. The van der Waals surface area contributed by atoms with Gasteiger partial charge in [-0.2, -0.15) is 0 Å². The van der Waals surface area contributed by atoms with Crippen molar-refractivity contribution in [2.45, 2.75) is 66.0 Å². The topological polar surface area (TPSA) is 35.1 Å². The van der Waals surface area contributed by atoms with Crippen molar-refractivity contribution >= 4 is 17.0 Å². The lowest BCUT2D eigenvalue weighted by atomic mass is 9.75. The summed E-state index contributed by atoms with van der Waals surface area (Å²) >= 11 is 0. The molecule has 0 radical (unpaired) electrons. The molecule has 0 unspecified atom stereocenters. The zero-order valence-corrected chi connectivity index (χ0v) is 18.0. The molecular formula is C22H33ClN2O2. The van der Waals surface area contributed by atoms with Crippen LogP contribution in [0.25, 0.3) is 11.0 Å². The molecule has 1 fully saturated rings. The molecule has 1 aliphatic carbocycles. The molecule has 1 heterocycles. The van der Waals surface area contributed by atoms with Gasteiger partial charge in [-0.05, 0) is 42.7 Å². The number of halogens is 1. The van der Waals surface area contributed by atoms with E-state index in [1.54, 1.807) is 0 Å². The van der Waals surface area contributed by atoms with E-state index in [1.165, 1.54) is 12.8 Å². The van der Waals surface area contributed by atoms with Gasteiger partial charge >= 0.3 is 5.97 Å². The molecule has 2 aromatic rings. The number of aryl methyl sites for hydroxylation is 1. The van der Waals surface area contributed by atoms with Crippen molar-refractivity contribution in [3.8, 4) is 0 Å². The number of carbonyl (C=O) groups excluding carboxylic acids is 1. The van der Waals surface area contributed by atoms with Crippen molar-refractivity contribution in [2.75, 3.05) is 0 Å². The van der Waals surface area contributed by atoms with E-state index in [0.717, 1.165) is 29.7 Å². The third-order valence-corrected chi connectivity index (χ3v) is 6.08. The van der Waals surface area contributed by atoms with Crippen LogP contribution >= 0.6 is 0 Å². The molecule has 0 spiro atoms. The van der Waals surface area contributed by atoms with Gasteiger partial charge in [-0.25, -0.2) is 13.9 Å². The highest BCUT2D eigenvalue weighted by Crippen LogP contribution is 2.35. The first kappa shape index (κ1) is 21.7. The molecule has 5 heteroatoms. The van der Waals surface area contributed by atoms with Crippen LogP contribution in [0.15, 0.2) is 24.3 Å². The van der Waals surface area contributed by atoms with Gasteiger partial charge in [0.25, 0.3) is 5.82 Å². The van der Waals surface area contributed by atoms with Gasteiger partial charge < -0.3 is 17.1 Å². The molecule has 1 aromatic carbocycles. The molecule has 1 aliphatic rings. The van der Waals surface area contributed by atoms with Crippen LogP contribution < -0.4 is 17.0 Å². The molecule has 3 atom stereocenters. The molecule has 0 bridgehead atoms. The predicted octanol–water partition coefficient (Wildman–Crippen LogP) is 1.04. The smallest absolute Gasteiger partial charge is 0.348 e. The van der Waals surface area contributed by atoms with Crippen molar-refractivity contribution in [1.82, 2.24) is 4.57 Å². The summed E-state index contributed by atoms with van der Waals surface area (Å²) < 4.78 is 10.3. The fraction of sp³-hybridized carbons (Fsp3) is 0.636. The van der Waals surface area contributed by atoms with Gasteiger partial charge in [-0.3, -0.25) is 0 Å². The second kappa shape index (κ2) is 9.09. The fourth-order valence-electron chi connectivity index (χ4n) is 4.63. The SMILES string of the molecule is CCc1n(CC(=O)O[C@@H]2C[C@H](C)CC[C@H]2C(C)C)c2ccccc2[n+]1C.[Cl-]. The van der Waals surface area contributed by atoms with Crippen LogP contribution in [0.3, 0.4) is 0 Å². The normalized spacial score (nSPS) is 22.7. The zero-order valence-electron chi connectivity index (χ0n) is 17.2. The van der Waals surface area contributed by atoms with Gasteiger partial charge in [0.2, 0.25) is 0 Å². The molecular weight excluding hydrogens is 360 g/mol. The van der Waals surface area contributed by atoms with E-state index in [2.05, 4.69) is 56.0 Å². The Labute approximate surface area is 169 Å². The number of para-hydroxylation sites is 2. The van der Waals surface area contributed by atoms with Gasteiger partial charge in [-0.15, -0.1) is 0 Å². The molecule has 1 saturated carbocycles. The fourth-order valence-corrected chi connectivity index (χ4v) is 4.63. The summed E-state index contributed by atoms with van der Waals surface area (Å²) in [7, 11) is 2.07. The lowest BCUT2D eigenvalue weighted by Crippen LogP contribution is -3.00.